The van der Waals surface area contributed by atoms with E-state index in [2.05, 4.69) is 23.4 Å². The number of ether oxygens (including phenoxy) is 1. The summed E-state index contributed by atoms with van der Waals surface area (Å²) in [6.45, 7) is 2.25. The third-order valence-corrected chi connectivity index (χ3v) is 7.64. The van der Waals surface area contributed by atoms with Crippen molar-refractivity contribution >= 4 is 23.5 Å². The van der Waals surface area contributed by atoms with Gasteiger partial charge in [-0.1, -0.05) is 32.6 Å². The van der Waals surface area contributed by atoms with Crippen molar-refractivity contribution in [2.24, 2.45) is 17.8 Å². The van der Waals surface area contributed by atoms with Crippen molar-refractivity contribution in [2.45, 2.75) is 89.2 Å². The molecular weight excluding hydrogens is 332 g/mol. The number of ketones is 1. The maximum Gasteiger partial charge on any atom is 0.305 e. The number of fused-ring (bicyclic) bond motifs is 2. The summed E-state index contributed by atoms with van der Waals surface area (Å²) >= 11 is 2.10. The van der Waals surface area contributed by atoms with Gasteiger partial charge in [0.25, 0.3) is 0 Å². The quantitative estimate of drug-likeness (QED) is 0.322. The van der Waals surface area contributed by atoms with Crippen LogP contribution in [0.15, 0.2) is 0 Å². The number of hydrogen-bond acceptors (Lipinski definition) is 4. The van der Waals surface area contributed by atoms with Crippen LogP contribution in [0.4, 0.5) is 0 Å². The summed E-state index contributed by atoms with van der Waals surface area (Å²) < 4.78 is 4.66. The normalized spacial score (nSPS) is 27.6. The summed E-state index contributed by atoms with van der Waals surface area (Å²) in [5.41, 5.74) is 0. The Bertz CT molecular complexity index is 423. The first-order valence-corrected chi connectivity index (χ1v) is 11.4. The van der Waals surface area contributed by atoms with Gasteiger partial charge < -0.3 is 4.74 Å². The monoisotopic (exact) mass is 368 g/mol. The molecule has 0 heterocycles. The highest BCUT2D eigenvalue weighted by molar-refractivity contribution is 7.99. The fourth-order valence-electron chi connectivity index (χ4n) is 4.69. The third-order valence-electron chi connectivity index (χ3n) is 6.05. The summed E-state index contributed by atoms with van der Waals surface area (Å²) in [4.78, 5) is 24.0. The molecule has 0 unspecified atom stereocenters. The smallest absolute Gasteiger partial charge is 0.305 e. The number of Topliss-reactive ketones (excluding diaryl/α,β-unsaturated/α-hetero) is 1. The summed E-state index contributed by atoms with van der Waals surface area (Å²) in [6, 6.07) is 0. The number of rotatable bonds is 13. The minimum atomic E-state index is -0.140. The molecule has 0 aromatic rings. The van der Waals surface area contributed by atoms with E-state index in [0.717, 1.165) is 25.2 Å². The number of thioether (sulfide) groups is 1. The highest BCUT2D eigenvalue weighted by Crippen LogP contribution is 2.54. The van der Waals surface area contributed by atoms with E-state index in [1.54, 1.807) is 0 Å². The van der Waals surface area contributed by atoms with E-state index in [-0.39, 0.29) is 5.97 Å². The minimum Gasteiger partial charge on any atom is -0.469 e. The van der Waals surface area contributed by atoms with Gasteiger partial charge in [0.1, 0.15) is 5.78 Å². The molecule has 25 heavy (non-hydrogen) atoms. The molecule has 0 aromatic carbocycles. The average molecular weight is 369 g/mol. The zero-order valence-corrected chi connectivity index (χ0v) is 17.0. The van der Waals surface area contributed by atoms with Crippen LogP contribution < -0.4 is 0 Å². The molecule has 0 radical (unpaired) electrons. The summed E-state index contributed by atoms with van der Waals surface area (Å²) in [6.07, 6.45) is 13.1. The van der Waals surface area contributed by atoms with Crippen LogP contribution in [0.2, 0.25) is 0 Å². The topological polar surface area (TPSA) is 43.4 Å². The average Bonchev–Trinajstić information content (AvgIpc) is 3.22. The van der Waals surface area contributed by atoms with E-state index in [1.165, 1.54) is 57.8 Å². The highest BCUT2D eigenvalue weighted by atomic mass is 32.2. The van der Waals surface area contributed by atoms with Crippen molar-refractivity contribution in [2.75, 3.05) is 12.9 Å². The van der Waals surface area contributed by atoms with Gasteiger partial charge in [-0.2, -0.15) is 11.8 Å². The Balaban J connectivity index is 1.69. The zero-order valence-electron chi connectivity index (χ0n) is 16.1. The largest absolute Gasteiger partial charge is 0.469 e. The van der Waals surface area contributed by atoms with E-state index in [9.17, 15) is 9.59 Å². The van der Waals surface area contributed by atoms with E-state index >= 15 is 0 Å². The van der Waals surface area contributed by atoms with E-state index in [0.29, 0.717) is 35.7 Å². The molecule has 0 aliphatic heterocycles. The van der Waals surface area contributed by atoms with Gasteiger partial charge in [-0.25, -0.2) is 0 Å². The lowest BCUT2D eigenvalue weighted by molar-refractivity contribution is -0.140. The van der Waals surface area contributed by atoms with Crippen molar-refractivity contribution in [3.63, 3.8) is 0 Å². The molecule has 2 saturated carbocycles. The Morgan fingerprint density at radius 3 is 2.44 bits per heavy atom. The SMILES string of the molecule is CCCCCCS[C@H]1[C@@H]2CC[C@@H](C2)[C@@H]1C(=O)CCCCCC(=O)OC. The van der Waals surface area contributed by atoms with E-state index in [4.69, 9.17) is 0 Å². The molecule has 3 nitrogen and oxygen atoms in total. The van der Waals surface area contributed by atoms with Gasteiger partial charge in [0.2, 0.25) is 0 Å². The summed E-state index contributed by atoms with van der Waals surface area (Å²) in [5.74, 6) is 3.40. The first-order valence-electron chi connectivity index (χ1n) is 10.4. The van der Waals surface area contributed by atoms with Gasteiger partial charge in [0, 0.05) is 24.0 Å². The molecule has 0 N–H and O–H groups in total. The number of carbonyl (C=O) groups excluding carboxylic acids is 2. The van der Waals surface area contributed by atoms with Gasteiger partial charge in [-0.05, 0) is 56.1 Å². The van der Waals surface area contributed by atoms with Crippen LogP contribution >= 0.6 is 11.8 Å². The van der Waals surface area contributed by atoms with Crippen LogP contribution in [0.5, 0.6) is 0 Å². The number of methoxy groups -OCH3 is 1. The lowest BCUT2D eigenvalue weighted by atomic mass is 9.83. The Kier molecular flexibility index (Phi) is 9.36. The van der Waals surface area contributed by atoms with Crippen LogP contribution in [0.3, 0.4) is 0 Å². The fourth-order valence-corrected chi connectivity index (χ4v) is 6.43. The van der Waals surface area contributed by atoms with Crippen LogP contribution in [-0.2, 0) is 14.3 Å². The van der Waals surface area contributed by atoms with Crippen molar-refractivity contribution in [3.8, 4) is 0 Å². The van der Waals surface area contributed by atoms with Gasteiger partial charge in [-0.3, -0.25) is 9.59 Å². The molecule has 0 saturated heterocycles. The van der Waals surface area contributed by atoms with Crippen molar-refractivity contribution in [3.05, 3.63) is 0 Å². The second-order valence-corrected chi connectivity index (χ2v) is 9.14. The number of carbonyl (C=O) groups is 2. The number of hydrogen-bond donors (Lipinski definition) is 0. The Labute approximate surface area is 158 Å². The van der Waals surface area contributed by atoms with Gasteiger partial charge in [0.05, 0.1) is 7.11 Å². The lowest BCUT2D eigenvalue weighted by Gasteiger charge is -2.29. The molecule has 0 aromatic heterocycles. The summed E-state index contributed by atoms with van der Waals surface area (Å²) in [7, 11) is 1.43. The highest BCUT2D eigenvalue weighted by Gasteiger charge is 2.50. The fraction of sp³-hybridized carbons (Fsp3) is 0.905. The first-order chi connectivity index (χ1) is 12.2. The van der Waals surface area contributed by atoms with Gasteiger partial charge in [-0.15, -0.1) is 0 Å². The van der Waals surface area contributed by atoms with Crippen LogP contribution in [-0.4, -0.2) is 29.9 Å². The number of unbranched alkanes of at least 4 members (excludes halogenated alkanes) is 5. The molecular formula is C21H36O3S. The molecule has 2 aliphatic rings. The van der Waals surface area contributed by atoms with E-state index in [1.807, 2.05) is 0 Å². The second kappa shape index (κ2) is 11.3. The van der Waals surface area contributed by atoms with Gasteiger partial charge in [0.15, 0.2) is 0 Å². The van der Waals surface area contributed by atoms with Crippen molar-refractivity contribution in [1.29, 1.82) is 0 Å². The molecule has 4 atom stereocenters. The second-order valence-electron chi connectivity index (χ2n) is 7.86. The summed E-state index contributed by atoms with van der Waals surface area (Å²) in [5, 5.41) is 0.600. The third kappa shape index (κ3) is 6.30. The van der Waals surface area contributed by atoms with Crippen LogP contribution in [0.1, 0.15) is 84.0 Å². The predicted molar refractivity (Wildman–Crippen MR) is 105 cm³/mol. The van der Waals surface area contributed by atoms with E-state index < -0.39 is 0 Å². The Hall–Kier alpha value is -0.510. The van der Waals surface area contributed by atoms with Crippen molar-refractivity contribution in [1.82, 2.24) is 0 Å². The van der Waals surface area contributed by atoms with Gasteiger partial charge >= 0.3 is 5.97 Å². The molecule has 2 aliphatic carbocycles. The molecule has 2 fully saturated rings. The molecule has 2 bridgehead atoms. The van der Waals surface area contributed by atoms with Crippen molar-refractivity contribution < 1.29 is 14.3 Å². The van der Waals surface area contributed by atoms with Crippen LogP contribution in [0, 0.1) is 17.8 Å². The lowest BCUT2D eigenvalue weighted by Crippen LogP contribution is -2.32. The molecule has 0 amide bonds. The Morgan fingerprint density at radius 2 is 1.68 bits per heavy atom. The Morgan fingerprint density at radius 1 is 0.960 bits per heavy atom. The van der Waals surface area contributed by atoms with Crippen LogP contribution in [0.25, 0.3) is 0 Å². The number of esters is 1. The standard InChI is InChI=1S/C21H36O3S/c1-3-4-5-9-14-25-21-17-13-12-16(15-17)20(21)18(22)10-7-6-8-11-19(23)24-2/h16-17,20-21H,3-15H2,1-2H3/t16-,17+,20+,21-/m0/s1. The maximum atomic E-state index is 12.8. The first kappa shape index (κ1) is 20.8. The molecule has 144 valence electrons. The maximum absolute atomic E-state index is 12.8. The zero-order chi connectivity index (χ0) is 18.1. The molecule has 2 rings (SSSR count). The minimum absolute atomic E-state index is 0.140. The molecule has 0 spiro atoms. The molecule has 4 heteroatoms. The predicted octanol–water partition coefficient (Wildman–Crippen LogP) is 5.41.